The molecule has 0 unspecified atom stereocenters. The van der Waals surface area contributed by atoms with Crippen molar-refractivity contribution in [3.8, 4) is 0 Å². The van der Waals surface area contributed by atoms with Crippen molar-refractivity contribution in [3.05, 3.63) is 77.9 Å². The number of hydrogen-bond donors (Lipinski definition) is 1. The molecule has 0 spiro atoms. The van der Waals surface area contributed by atoms with Gasteiger partial charge in [0, 0.05) is 11.3 Å². The Morgan fingerprint density at radius 1 is 1.18 bits per heavy atom. The van der Waals surface area contributed by atoms with Crippen LogP contribution in [0.25, 0.3) is 5.70 Å². The SMILES string of the molecule is C=C(NCC[S-])c1cccc(C)c1.O=Cc1ccccc1.[K+]. The summed E-state index contributed by atoms with van der Waals surface area (Å²) in [7, 11) is 0. The van der Waals surface area contributed by atoms with E-state index in [0.717, 1.165) is 29.7 Å². The van der Waals surface area contributed by atoms with Gasteiger partial charge in [-0.3, -0.25) is 4.79 Å². The van der Waals surface area contributed by atoms with Gasteiger partial charge in [-0.1, -0.05) is 60.7 Å². The molecule has 0 radical (unpaired) electrons. The van der Waals surface area contributed by atoms with Gasteiger partial charge >= 0.3 is 51.4 Å². The first-order valence-corrected chi connectivity index (χ1v) is 7.33. The largest absolute Gasteiger partial charge is 1.00 e. The van der Waals surface area contributed by atoms with Crippen LogP contribution in [0.4, 0.5) is 0 Å². The quantitative estimate of drug-likeness (QED) is 0.492. The van der Waals surface area contributed by atoms with E-state index in [4.69, 9.17) is 12.6 Å². The summed E-state index contributed by atoms with van der Waals surface area (Å²) >= 11 is 4.84. The van der Waals surface area contributed by atoms with Gasteiger partial charge in [0.25, 0.3) is 0 Å². The maximum atomic E-state index is 10.0. The van der Waals surface area contributed by atoms with E-state index in [0.29, 0.717) is 5.75 Å². The fourth-order valence-corrected chi connectivity index (χ4v) is 1.77. The van der Waals surface area contributed by atoms with Crippen LogP contribution < -0.4 is 56.7 Å². The minimum absolute atomic E-state index is 0. The van der Waals surface area contributed by atoms with E-state index >= 15 is 0 Å². The van der Waals surface area contributed by atoms with Gasteiger partial charge in [0.2, 0.25) is 0 Å². The molecule has 0 aliphatic carbocycles. The zero-order valence-electron chi connectivity index (χ0n) is 13.2. The topological polar surface area (TPSA) is 29.1 Å². The third-order valence-corrected chi connectivity index (χ3v) is 2.95. The van der Waals surface area contributed by atoms with Crippen molar-refractivity contribution in [2.24, 2.45) is 0 Å². The molecule has 2 nitrogen and oxygen atoms in total. The summed E-state index contributed by atoms with van der Waals surface area (Å²) in [6.07, 6.45) is 0.833. The molecule has 0 atom stereocenters. The van der Waals surface area contributed by atoms with Crippen molar-refractivity contribution in [1.29, 1.82) is 0 Å². The van der Waals surface area contributed by atoms with E-state index < -0.39 is 0 Å². The van der Waals surface area contributed by atoms with Crippen LogP contribution in [-0.2, 0) is 12.6 Å². The predicted octanol–water partition coefficient (Wildman–Crippen LogP) is 0.605. The summed E-state index contributed by atoms with van der Waals surface area (Å²) in [6.45, 7) is 6.83. The van der Waals surface area contributed by atoms with E-state index in [9.17, 15) is 4.79 Å². The molecule has 2 aromatic rings. The summed E-state index contributed by atoms with van der Waals surface area (Å²) in [5.74, 6) is 0.713. The summed E-state index contributed by atoms with van der Waals surface area (Å²) in [4.78, 5) is 10.0. The standard InChI is InChI=1S/C11H15NS.C7H6O.K/c1-9-4-3-5-11(8-9)10(2)12-6-7-13;8-6-7-4-2-1-3-5-7;/h3-5,8,12-13H,2,6-7H2,1H3;1-6H;/q;;+1/p-1. The molecule has 0 aliphatic rings. The molecule has 22 heavy (non-hydrogen) atoms. The number of hydrogen-bond acceptors (Lipinski definition) is 3. The van der Waals surface area contributed by atoms with Crippen LogP contribution in [0.3, 0.4) is 0 Å². The van der Waals surface area contributed by atoms with Crippen molar-refractivity contribution in [2.45, 2.75) is 6.92 Å². The van der Waals surface area contributed by atoms with Crippen molar-refractivity contribution < 1.29 is 56.2 Å². The van der Waals surface area contributed by atoms with Crippen molar-refractivity contribution >= 4 is 24.6 Å². The van der Waals surface area contributed by atoms with Crippen LogP contribution in [0.2, 0.25) is 0 Å². The zero-order chi connectivity index (χ0) is 15.5. The van der Waals surface area contributed by atoms with Crippen LogP contribution in [0.5, 0.6) is 0 Å². The van der Waals surface area contributed by atoms with Gasteiger partial charge in [0.15, 0.2) is 0 Å². The van der Waals surface area contributed by atoms with Crippen LogP contribution in [0.1, 0.15) is 21.5 Å². The van der Waals surface area contributed by atoms with Crippen LogP contribution in [0, 0.1) is 6.92 Å². The molecule has 0 aliphatic heterocycles. The Bertz CT molecular complexity index is 572. The van der Waals surface area contributed by atoms with Crippen LogP contribution in [-0.4, -0.2) is 18.6 Å². The first kappa shape index (κ1) is 21.6. The average Bonchev–Trinajstić information content (AvgIpc) is 2.54. The van der Waals surface area contributed by atoms with E-state index in [-0.39, 0.29) is 51.4 Å². The van der Waals surface area contributed by atoms with E-state index in [1.807, 2.05) is 30.3 Å². The minimum atomic E-state index is 0. The average molecular weight is 338 g/mol. The summed E-state index contributed by atoms with van der Waals surface area (Å²) in [5.41, 5.74) is 4.07. The van der Waals surface area contributed by atoms with Crippen LogP contribution >= 0.6 is 0 Å². The van der Waals surface area contributed by atoms with Crippen LogP contribution in [0.15, 0.2) is 61.2 Å². The second-order valence-electron chi connectivity index (χ2n) is 4.51. The molecular formula is C18H20KNOS. The number of benzene rings is 2. The molecule has 0 amide bonds. The van der Waals surface area contributed by atoms with Crippen molar-refractivity contribution in [2.75, 3.05) is 12.3 Å². The second-order valence-corrected chi connectivity index (χ2v) is 4.92. The minimum Gasteiger partial charge on any atom is -0.791 e. The first-order chi connectivity index (χ1) is 10.2. The monoisotopic (exact) mass is 337 g/mol. The number of nitrogens with one attached hydrogen (secondary N) is 1. The maximum absolute atomic E-state index is 10.0. The Morgan fingerprint density at radius 3 is 2.36 bits per heavy atom. The van der Waals surface area contributed by atoms with Gasteiger partial charge in [-0.05, 0) is 25.1 Å². The third kappa shape index (κ3) is 8.93. The Labute approximate surface area is 181 Å². The zero-order valence-corrected chi connectivity index (χ0v) is 17.2. The Balaban J connectivity index is 0.000000423. The van der Waals surface area contributed by atoms with E-state index in [1.165, 1.54) is 5.56 Å². The molecule has 2 rings (SSSR count). The molecule has 0 bridgehead atoms. The van der Waals surface area contributed by atoms with Gasteiger partial charge in [0.1, 0.15) is 6.29 Å². The number of carbonyl (C=O) groups is 1. The maximum Gasteiger partial charge on any atom is 1.00 e. The smallest absolute Gasteiger partial charge is 0.791 e. The predicted molar refractivity (Wildman–Crippen MR) is 92.3 cm³/mol. The molecule has 0 heterocycles. The Kier molecular flexibility index (Phi) is 12.9. The van der Waals surface area contributed by atoms with Crippen molar-refractivity contribution in [1.82, 2.24) is 5.32 Å². The molecular weight excluding hydrogens is 317 g/mol. The molecule has 0 saturated carbocycles. The molecule has 4 heteroatoms. The Morgan fingerprint density at radius 2 is 1.86 bits per heavy atom. The van der Waals surface area contributed by atoms with Gasteiger partial charge in [-0.2, -0.15) is 5.75 Å². The normalized spacial score (nSPS) is 8.82. The molecule has 1 N–H and O–H groups in total. The van der Waals surface area contributed by atoms with E-state index in [1.54, 1.807) is 12.1 Å². The molecule has 0 saturated heterocycles. The van der Waals surface area contributed by atoms with Gasteiger partial charge in [-0.25, -0.2) is 0 Å². The molecule has 0 fully saturated rings. The summed E-state index contributed by atoms with van der Waals surface area (Å²) in [6, 6.07) is 17.4. The van der Waals surface area contributed by atoms with Gasteiger partial charge in [0.05, 0.1) is 0 Å². The number of carbonyl (C=O) groups excluding carboxylic acids is 1. The Hall–Kier alpha value is -0.364. The number of aryl methyl sites for hydroxylation is 1. The van der Waals surface area contributed by atoms with Gasteiger partial charge < -0.3 is 17.9 Å². The third-order valence-electron chi connectivity index (χ3n) is 2.74. The number of aldehydes is 1. The first-order valence-electron chi connectivity index (χ1n) is 6.75. The van der Waals surface area contributed by atoms with E-state index in [2.05, 4.69) is 31.0 Å². The molecule has 0 aromatic heterocycles. The number of rotatable bonds is 5. The molecule has 110 valence electrons. The fraction of sp³-hybridized carbons (Fsp3) is 0.167. The van der Waals surface area contributed by atoms with Gasteiger partial charge in [-0.15, -0.1) is 0 Å². The fourth-order valence-electron chi connectivity index (χ4n) is 1.67. The summed E-state index contributed by atoms with van der Waals surface area (Å²) in [5, 5.41) is 3.18. The molecule has 2 aromatic carbocycles. The second kappa shape index (κ2) is 13.1. The van der Waals surface area contributed by atoms with Crippen molar-refractivity contribution in [3.63, 3.8) is 0 Å². The summed E-state index contributed by atoms with van der Waals surface area (Å²) < 4.78 is 0.